The minimum Gasteiger partial charge on any atom is -0.497 e. The number of halogens is 2. The molecule has 1 heterocycles. The number of nitrogens with zero attached hydrogens (tertiary/aromatic N) is 1. The third-order valence-electron chi connectivity index (χ3n) is 3.31. The van der Waals surface area contributed by atoms with Crippen molar-refractivity contribution in [1.82, 2.24) is 4.98 Å². The van der Waals surface area contributed by atoms with E-state index in [2.05, 4.69) is 26.2 Å². The highest BCUT2D eigenvalue weighted by Gasteiger charge is 2.11. The van der Waals surface area contributed by atoms with Crippen LogP contribution in [0.4, 0.5) is 5.69 Å². The van der Waals surface area contributed by atoms with Crippen LogP contribution in [0.3, 0.4) is 0 Å². The lowest BCUT2D eigenvalue weighted by Crippen LogP contribution is -2.13. The van der Waals surface area contributed by atoms with Crippen LogP contribution in [-0.4, -0.2) is 18.0 Å². The zero-order chi connectivity index (χ0) is 16.4. The van der Waals surface area contributed by atoms with E-state index < -0.39 is 0 Å². The minimum absolute atomic E-state index is 0.313. The molecular weight excluding hydrogens is 380 g/mol. The van der Waals surface area contributed by atoms with Crippen molar-refractivity contribution in [1.29, 1.82) is 0 Å². The number of benzene rings is 2. The highest BCUT2D eigenvalue weighted by Crippen LogP contribution is 2.26. The average molecular weight is 392 g/mol. The molecule has 1 aromatic heterocycles. The van der Waals surface area contributed by atoms with E-state index in [1.54, 1.807) is 25.3 Å². The normalized spacial score (nSPS) is 10.6. The van der Waals surface area contributed by atoms with Gasteiger partial charge in [0.25, 0.3) is 5.91 Å². The number of anilines is 1. The van der Waals surface area contributed by atoms with Crippen LogP contribution in [-0.2, 0) is 0 Å². The van der Waals surface area contributed by atoms with E-state index in [0.29, 0.717) is 16.4 Å². The third-order valence-corrected chi connectivity index (χ3v) is 4.11. The largest absolute Gasteiger partial charge is 0.497 e. The molecule has 116 valence electrons. The van der Waals surface area contributed by atoms with Gasteiger partial charge in [-0.05, 0) is 42.5 Å². The average Bonchev–Trinajstić information content (AvgIpc) is 2.56. The van der Waals surface area contributed by atoms with E-state index in [-0.39, 0.29) is 5.91 Å². The molecule has 0 aliphatic heterocycles. The van der Waals surface area contributed by atoms with Crippen LogP contribution >= 0.6 is 27.5 Å². The number of ether oxygens (including phenoxy) is 1. The molecule has 1 amide bonds. The van der Waals surface area contributed by atoms with Crippen LogP contribution in [0.15, 0.2) is 53.0 Å². The highest BCUT2D eigenvalue weighted by atomic mass is 79.9. The van der Waals surface area contributed by atoms with Gasteiger partial charge in [0.1, 0.15) is 11.4 Å². The smallest absolute Gasteiger partial charge is 0.274 e. The van der Waals surface area contributed by atoms with Crippen LogP contribution in [0.25, 0.3) is 10.9 Å². The lowest BCUT2D eigenvalue weighted by molar-refractivity contribution is 0.102. The number of hydrogen-bond donors (Lipinski definition) is 1. The van der Waals surface area contributed by atoms with Gasteiger partial charge in [-0.25, -0.2) is 4.98 Å². The summed E-state index contributed by atoms with van der Waals surface area (Å²) in [5.74, 6) is 0.435. The highest BCUT2D eigenvalue weighted by molar-refractivity contribution is 9.10. The summed E-state index contributed by atoms with van der Waals surface area (Å²) < 4.78 is 6.02. The Morgan fingerprint density at radius 3 is 2.74 bits per heavy atom. The Labute approximate surface area is 146 Å². The Hall–Kier alpha value is -2.11. The molecule has 0 aliphatic carbocycles. The first-order chi connectivity index (χ1) is 11.1. The maximum Gasteiger partial charge on any atom is 0.274 e. The SMILES string of the molecule is COc1ccc2nc(C(=O)Nc3ccc(Br)cc3Cl)ccc2c1. The molecule has 4 nitrogen and oxygen atoms in total. The quantitative estimate of drug-likeness (QED) is 0.690. The molecule has 0 saturated carbocycles. The maximum absolute atomic E-state index is 12.3. The van der Waals surface area contributed by atoms with Crippen molar-refractivity contribution < 1.29 is 9.53 Å². The summed E-state index contributed by atoms with van der Waals surface area (Å²) in [7, 11) is 1.61. The molecule has 0 bridgehead atoms. The van der Waals surface area contributed by atoms with E-state index in [4.69, 9.17) is 16.3 Å². The number of fused-ring (bicyclic) bond motifs is 1. The van der Waals surface area contributed by atoms with Gasteiger partial charge in [-0.15, -0.1) is 0 Å². The monoisotopic (exact) mass is 390 g/mol. The number of carbonyl (C=O) groups excluding carboxylic acids is 1. The lowest BCUT2D eigenvalue weighted by Gasteiger charge is -2.08. The third kappa shape index (κ3) is 3.46. The van der Waals surface area contributed by atoms with E-state index in [9.17, 15) is 4.79 Å². The van der Waals surface area contributed by atoms with Crippen LogP contribution in [0.5, 0.6) is 5.75 Å². The molecule has 0 aliphatic rings. The summed E-state index contributed by atoms with van der Waals surface area (Å²) in [6.45, 7) is 0. The molecule has 23 heavy (non-hydrogen) atoms. The van der Waals surface area contributed by atoms with Gasteiger partial charge in [0.05, 0.1) is 23.3 Å². The van der Waals surface area contributed by atoms with Gasteiger partial charge in [0.2, 0.25) is 0 Å². The minimum atomic E-state index is -0.313. The maximum atomic E-state index is 12.3. The first kappa shape index (κ1) is 15.8. The Bertz CT molecular complexity index is 899. The van der Waals surface area contributed by atoms with Gasteiger partial charge in [-0.2, -0.15) is 0 Å². The fourth-order valence-electron chi connectivity index (χ4n) is 2.13. The van der Waals surface area contributed by atoms with Gasteiger partial charge < -0.3 is 10.1 Å². The van der Waals surface area contributed by atoms with Crippen molar-refractivity contribution in [2.75, 3.05) is 12.4 Å². The van der Waals surface area contributed by atoms with Crippen molar-refractivity contribution in [2.45, 2.75) is 0 Å². The fourth-order valence-corrected chi connectivity index (χ4v) is 2.85. The van der Waals surface area contributed by atoms with Gasteiger partial charge >= 0.3 is 0 Å². The Kier molecular flexibility index (Phi) is 4.50. The topological polar surface area (TPSA) is 51.2 Å². The van der Waals surface area contributed by atoms with Crippen molar-refractivity contribution in [3.63, 3.8) is 0 Å². The zero-order valence-electron chi connectivity index (χ0n) is 12.1. The second kappa shape index (κ2) is 6.56. The molecule has 0 atom stereocenters. The molecule has 0 unspecified atom stereocenters. The van der Waals surface area contributed by atoms with Gasteiger partial charge in [0, 0.05) is 9.86 Å². The van der Waals surface area contributed by atoms with Crippen molar-refractivity contribution in [3.8, 4) is 5.75 Å². The number of amides is 1. The first-order valence-corrected chi connectivity index (χ1v) is 7.95. The van der Waals surface area contributed by atoms with Gasteiger partial charge in [-0.3, -0.25) is 4.79 Å². The summed E-state index contributed by atoms with van der Waals surface area (Å²) >= 11 is 9.44. The van der Waals surface area contributed by atoms with Crippen LogP contribution in [0.1, 0.15) is 10.5 Å². The van der Waals surface area contributed by atoms with E-state index in [1.807, 2.05) is 30.3 Å². The number of hydrogen-bond acceptors (Lipinski definition) is 3. The van der Waals surface area contributed by atoms with Crippen molar-refractivity contribution in [3.05, 3.63) is 63.7 Å². The standard InChI is InChI=1S/C17H12BrClN2O2/c1-23-12-4-7-14-10(8-12)2-5-16(20-14)17(22)21-15-6-3-11(18)9-13(15)19/h2-9H,1H3,(H,21,22). The molecule has 6 heteroatoms. The Balaban J connectivity index is 1.88. The molecule has 2 aromatic carbocycles. The molecule has 1 N–H and O–H groups in total. The van der Waals surface area contributed by atoms with Crippen molar-refractivity contribution in [2.24, 2.45) is 0 Å². The predicted molar refractivity (Wildman–Crippen MR) is 95.4 cm³/mol. The second-order valence-corrected chi connectivity index (χ2v) is 6.16. The van der Waals surface area contributed by atoms with E-state index >= 15 is 0 Å². The van der Waals surface area contributed by atoms with Crippen LogP contribution in [0, 0.1) is 0 Å². The second-order valence-electron chi connectivity index (χ2n) is 4.83. The molecule has 0 saturated heterocycles. The summed E-state index contributed by atoms with van der Waals surface area (Å²) in [6.07, 6.45) is 0. The van der Waals surface area contributed by atoms with Crippen LogP contribution < -0.4 is 10.1 Å². The number of pyridine rings is 1. The molecule has 3 rings (SSSR count). The molecule has 0 fully saturated rings. The molecule has 0 spiro atoms. The number of carbonyl (C=O) groups is 1. The number of rotatable bonds is 3. The Morgan fingerprint density at radius 2 is 2.00 bits per heavy atom. The summed E-state index contributed by atoms with van der Waals surface area (Å²) in [5, 5.41) is 4.12. The zero-order valence-corrected chi connectivity index (χ0v) is 14.5. The van der Waals surface area contributed by atoms with Gasteiger partial charge in [0.15, 0.2) is 0 Å². The first-order valence-electron chi connectivity index (χ1n) is 6.78. The van der Waals surface area contributed by atoms with E-state index in [0.717, 1.165) is 21.1 Å². The summed E-state index contributed by atoms with van der Waals surface area (Å²) in [5.41, 5.74) is 1.58. The lowest BCUT2D eigenvalue weighted by atomic mass is 10.2. The molecule has 3 aromatic rings. The number of aromatic nitrogens is 1. The summed E-state index contributed by atoms with van der Waals surface area (Å²) in [4.78, 5) is 16.7. The molecule has 0 radical (unpaired) electrons. The molecular formula is C17H12BrClN2O2. The Morgan fingerprint density at radius 1 is 1.17 bits per heavy atom. The predicted octanol–water partition coefficient (Wildman–Crippen LogP) is 4.91. The van der Waals surface area contributed by atoms with Crippen molar-refractivity contribution >= 4 is 50.0 Å². The van der Waals surface area contributed by atoms with E-state index in [1.165, 1.54) is 0 Å². The fraction of sp³-hybridized carbons (Fsp3) is 0.0588. The summed E-state index contributed by atoms with van der Waals surface area (Å²) in [6, 6.07) is 14.3. The number of methoxy groups -OCH3 is 1. The van der Waals surface area contributed by atoms with Gasteiger partial charge in [-0.1, -0.05) is 33.6 Å². The van der Waals surface area contributed by atoms with Crippen LogP contribution in [0.2, 0.25) is 5.02 Å². The number of nitrogens with one attached hydrogen (secondary N) is 1.